The molecule has 1 aliphatic carbocycles. The van der Waals surface area contributed by atoms with Crippen LogP contribution >= 0.6 is 0 Å². The lowest BCUT2D eigenvalue weighted by Gasteiger charge is -2.25. The first kappa shape index (κ1) is 21.9. The lowest BCUT2D eigenvalue weighted by molar-refractivity contribution is -0.152. The van der Waals surface area contributed by atoms with Gasteiger partial charge in [-0.3, -0.25) is 14.2 Å². The Morgan fingerprint density at radius 3 is 2.38 bits per heavy atom. The molecule has 0 bridgehead atoms. The Kier molecular flexibility index (Phi) is 5.44. The van der Waals surface area contributed by atoms with Crippen molar-refractivity contribution in [1.29, 1.82) is 0 Å². The maximum absolute atomic E-state index is 14.1. The van der Waals surface area contributed by atoms with E-state index in [1.165, 1.54) is 0 Å². The van der Waals surface area contributed by atoms with Crippen molar-refractivity contribution in [1.82, 2.24) is 4.57 Å². The lowest BCUT2D eigenvalue weighted by Crippen LogP contribution is -2.26. The van der Waals surface area contributed by atoms with Crippen molar-refractivity contribution in [3.63, 3.8) is 0 Å². The number of nitrogens with zero attached hydrogens (tertiary/aromatic N) is 1. The standard InChI is InChI=1S/C23H19F4NO4/c1-12-16(10-21(30)32-15-3-2-4-15)17-9-20(29)18(24)11-19(17)28(12)22(31)13-5-7-14(8-6-13)23(25,26)27/h5-9,11,15,29H,2-4,10H2,1H3. The Balaban J connectivity index is 1.76. The Morgan fingerprint density at radius 1 is 1.16 bits per heavy atom. The summed E-state index contributed by atoms with van der Waals surface area (Å²) < 4.78 is 59.2. The van der Waals surface area contributed by atoms with Gasteiger partial charge in [-0.2, -0.15) is 13.2 Å². The smallest absolute Gasteiger partial charge is 0.416 e. The fraction of sp³-hybridized carbons (Fsp3) is 0.304. The molecule has 3 aromatic rings. The monoisotopic (exact) mass is 449 g/mol. The van der Waals surface area contributed by atoms with Crippen molar-refractivity contribution in [2.24, 2.45) is 0 Å². The quantitative estimate of drug-likeness (QED) is 0.442. The van der Waals surface area contributed by atoms with E-state index in [1.54, 1.807) is 6.92 Å². The van der Waals surface area contributed by atoms with Gasteiger partial charge in [0.15, 0.2) is 11.6 Å². The molecule has 0 amide bonds. The number of ether oxygens (including phenoxy) is 1. The van der Waals surface area contributed by atoms with Gasteiger partial charge in [0.1, 0.15) is 6.10 Å². The molecule has 1 heterocycles. The van der Waals surface area contributed by atoms with E-state index in [1.807, 2.05) is 0 Å². The minimum atomic E-state index is -4.55. The maximum Gasteiger partial charge on any atom is 0.416 e. The van der Waals surface area contributed by atoms with Crippen LogP contribution in [0, 0.1) is 12.7 Å². The normalized spacial score (nSPS) is 14.4. The molecule has 0 unspecified atom stereocenters. The van der Waals surface area contributed by atoms with Crippen molar-refractivity contribution in [2.75, 3.05) is 0 Å². The Labute approximate surface area is 180 Å². The Bertz CT molecular complexity index is 1210. The second-order valence-electron chi connectivity index (χ2n) is 7.82. The van der Waals surface area contributed by atoms with Crippen LogP contribution in [-0.2, 0) is 22.1 Å². The van der Waals surface area contributed by atoms with Crippen LogP contribution in [0.3, 0.4) is 0 Å². The summed E-state index contributed by atoms with van der Waals surface area (Å²) in [6, 6.07) is 5.74. The van der Waals surface area contributed by atoms with Crippen molar-refractivity contribution in [3.8, 4) is 5.75 Å². The predicted octanol–water partition coefficient (Wildman–Crippen LogP) is 5.14. The highest BCUT2D eigenvalue weighted by Gasteiger charge is 2.31. The zero-order chi connectivity index (χ0) is 23.2. The summed E-state index contributed by atoms with van der Waals surface area (Å²) in [5.41, 5.74) is -0.178. The lowest BCUT2D eigenvalue weighted by atomic mass is 9.96. The molecular formula is C23H19F4NO4. The number of phenols is 1. The summed E-state index contributed by atoms with van der Waals surface area (Å²) >= 11 is 0. The number of phenolic OH excluding ortho intramolecular Hbond substituents is 1. The van der Waals surface area contributed by atoms with Crippen LogP contribution in [-0.4, -0.2) is 27.7 Å². The Hall–Kier alpha value is -3.36. The minimum absolute atomic E-state index is 0.0462. The number of rotatable bonds is 4. The van der Waals surface area contributed by atoms with Crippen molar-refractivity contribution >= 4 is 22.8 Å². The number of halogens is 4. The molecule has 0 radical (unpaired) electrons. The van der Waals surface area contributed by atoms with E-state index in [-0.39, 0.29) is 29.0 Å². The van der Waals surface area contributed by atoms with Crippen LogP contribution in [0.4, 0.5) is 17.6 Å². The molecular weight excluding hydrogens is 430 g/mol. The third kappa shape index (κ3) is 3.94. The zero-order valence-corrected chi connectivity index (χ0v) is 17.0. The van der Waals surface area contributed by atoms with E-state index < -0.39 is 35.2 Å². The molecule has 0 spiro atoms. The van der Waals surface area contributed by atoms with Crippen molar-refractivity contribution in [3.05, 3.63) is 64.6 Å². The predicted molar refractivity (Wildman–Crippen MR) is 107 cm³/mol. The molecule has 5 nitrogen and oxygen atoms in total. The molecule has 32 heavy (non-hydrogen) atoms. The average molecular weight is 449 g/mol. The van der Waals surface area contributed by atoms with E-state index in [0.717, 1.165) is 60.2 Å². The first-order chi connectivity index (χ1) is 15.1. The topological polar surface area (TPSA) is 68.5 Å². The highest BCUT2D eigenvalue weighted by Crippen LogP contribution is 2.33. The van der Waals surface area contributed by atoms with Gasteiger partial charge >= 0.3 is 12.1 Å². The summed E-state index contributed by atoms with van der Waals surface area (Å²) in [6.45, 7) is 1.54. The minimum Gasteiger partial charge on any atom is -0.505 e. The number of aromatic nitrogens is 1. The number of esters is 1. The summed E-state index contributed by atoms with van der Waals surface area (Å²) in [5.74, 6) is -2.82. The van der Waals surface area contributed by atoms with Gasteiger partial charge in [-0.25, -0.2) is 4.39 Å². The van der Waals surface area contributed by atoms with Gasteiger partial charge < -0.3 is 9.84 Å². The number of fused-ring (bicyclic) bond motifs is 1. The molecule has 1 fully saturated rings. The SMILES string of the molecule is Cc1c(CC(=O)OC2CCC2)c2cc(O)c(F)cc2n1C(=O)c1ccc(C(F)(F)F)cc1. The number of benzene rings is 2. The van der Waals surface area contributed by atoms with E-state index in [4.69, 9.17) is 4.74 Å². The first-order valence-electron chi connectivity index (χ1n) is 10.00. The van der Waals surface area contributed by atoms with Gasteiger partial charge in [-0.1, -0.05) is 0 Å². The van der Waals surface area contributed by atoms with Gasteiger partial charge in [0, 0.05) is 22.7 Å². The van der Waals surface area contributed by atoms with Gasteiger partial charge in [0.2, 0.25) is 0 Å². The molecule has 168 valence electrons. The number of aromatic hydroxyl groups is 1. The molecule has 0 atom stereocenters. The molecule has 1 N–H and O–H groups in total. The second kappa shape index (κ2) is 7.96. The molecule has 2 aromatic carbocycles. The largest absolute Gasteiger partial charge is 0.505 e. The summed E-state index contributed by atoms with van der Waals surface area (Å²) in [4.78, 5) is 25.5. The maximum atomic E-state index is 14.1. The molecule has 9 heteroatoms. The molecule has 4 rings (SSSR count). The molecule has 0 aliphatic heterocycles. The molecule has 1 saturated carbocycles. The van der Waals surface area contributed by atoms with Gasteiger partial charge in [0.05, 0.1) is 17.5 Å². The highest BCUT2D eigenvalue weighted by molar-refractivity contribution is 6.05. The Morgan fingerprint density at radius 2 is 1.81 bits per heavy atom. The van der Waals surface area contributed by atoms with E-state index in [0.29, 0.717) is 11.3 Å². The summed E-state index contributed by atoms with van der Waals surface area (Å²) in [6.07, 6.45) is -2.35. The molecule has 1 aliphatic rings. The van der Waals surface area contributed by atoms with Crippen LogP contribution in [0.2, 0.25) is 0 Å². The number of hydrogen-bond acceptors (Lipinski definition) is 4. The number of carbonyl (C=O) groups excluding carboxylic acids is 2. The fourth-order valence-corrected chi connectivity index (χ4v) is 3.76. The fourth-order valence-electron chi connectivity index (χ4n) is 3.76. The van der Waals surface area contributed by atoms with Crippen LogP contribution in [0.1, 0.15) is 46.4 Å². The number of hydrogen-bond donors (Lipinski definition) is 1. The summed E-state index contributed by atoms with van der Waals surface area (Å²) in [7, 11) is 0. The number of carbonyl (C=O) groups is 2. The van der Waals surface area contributed by atoms with Crippen LogP contribution in [0.25, 0.3) is 10.9 Å². The highest BCUT2D eigenvalue weighted by atomic mass is 19.4. The van der Waals surface area contributed by atoms with Gasteiger partial charge in [-0.05, 0) is 62.1 Å². The number of alkyl halides is 3. The first-order valence-corrected chi connectivity index (χ1v) is 10.00. The van der Waals surface area contributed by atoms with Gasteiger partial charge in [-0.15, -0.1) is 0 Å². The third-order valence-corrected chi connectivity index (χ3v) is 5.74. The van der Waals surface area contributed by atoms with Crippen molar-refractivity contribution < 1.29 is 37.0 Å². The van der Waals surface area contributed by atoms with Crippen LogP contribution in [0.15, 0.2) is 36.4 Å². The zero-order valence-electron chi connectivity index (χ0n) is 17.0. The second-order valence-corrected chi connectivity index (χ2v) is 7.82. The van der Waals surface area contributed by atoms with Crippen LogP contribution < -0.4 is 0 Å². The average Bonchev–Trinajstić information content (AvgIpc) is 2.95. The third-order valence-electron chi connectivity index (χ3n) is 5.74. The van der Waals surface area contributed by atoms with E-state index in [9.17, 15) is 32.3 Å². The van der Waals surface area contributed by atoms with E-state index in [2.05, 4.69) is 0 Å². The van der Waals surface area contributed by atoms with Crippen LogP contribution in [0.5, 0.6) is 5.75 Å². The van der Waals surface area contributed by atoms with E-state index >= 15 is 0 Å². The van der Waals surface area contributed by atoms with Gasteiger partial charge in [0.25, 0.3) is 5.91 Å². The molecule has 1 aromatic heterocycles. The molecule has 0 saturated heterocycles. The summed E-state index contributed by atoms with van der Waals surface area (Å²) in [5, 5.41) is 10.1. The van der Waals surface area contributed by atoms with Crippen molar-refractivity contribution in [2.45, 2.75) is 44.9 Å².